The fourth-order valence-corrected chi connectivity index (χ4v) is 2.05. The van der Waals surface area contributed by atoms with Gasteiger partial charge in [0.25, 0.3) is 5.35 Å². The molecule has 1 aromatic carbocycles. The zero-order chi connectivity index (χ0) is 13.9. The van der Waals surface area contributed by atoms with Crippen LogP contribution in [0.2, 0.25) is 5.35 Å². The highest BCUT2D eigenvalue weighted by Crippen LogP contribution is 2.22. The molecule has 2 aliphatic rings. The molecule has 100 valence electrons. The van der Waals surface area contributed by atoms with Crippen LogP contribution in [-0.4, -0.2) is 12.1 Å². The Morgan fingerprint density at radius 1 is 1.10 bits per heavy atom. The number of hydrogen-bond donors (Lipinski definition) is 0. The molecule has 0 saturated heterocycles. The number of rotatable bonds is 2. The van der Waals surface area contributed by atoms with E-state index in [-0.39, 0.29) is 5.35 Å². The fraction of sp³-hybridized carbons (Fsp3) is 0.0625. The summed E-state index contributed by atoms with van der Waals surface area (Å²) in [6, 6.07) is 15.9. The lowest BCUT2D eigenvalue weighted by atomic mass is 10.1. The van der Waals surface area contributed by atoms with Crippen molar-refractivity contribution in [1.82, 2.24) is 4.98 Å². The number of oxazole rings is 1. The van der Waals surface area contributed by atoms with Crippen LogP contribution < -0.4 is 4.74 Å². The highest BCUT2D eigenvalue weighted by Gasteiger charge is 2.03. The molecule has 0 amide bonds. The quantitative estimate of drug-likeness (QED) is 0.551. The molecular formula is C16H12ClNO2. The van der Waals surface area contributed by atoms with Gasteiger partial charge in [0.15, 0.2) is 0 Å². The second kappa shape index (κ2) is 5.39. The summed E-state index contributed by atoms with van der Waals surface area (Å²) in [5.74, 6) is 1.03. The first-order valence-corrected chi connectivity index (χ1v) is 6.50. The third-order valence-corrected chi connectivity index (χ3v) is 3.23. The Morgan fingerprint density at radius 3 is 2.30 bits per heavy atom. The van der Waals surface area contributed by atoms with Crippen LogP contribution in [0.1, 0.15) is 0 Å². The van der Waals surface area contributed by atoms with Crippen LogP contribution in [0.25, 0.3) is 11.3 Å². The maximum atomic E-state index is 5.53. The zero-order valence-corrected chi connectivity index (χ0v) is 11.6. The van der Waals surface area contributed by atoms with Gasteiger partial charge in [-0.15, -0.1) is 0 Å². The Bertz CT molecular complexity index is 812. The fourth-order valence-electron chi connectivity index (χ4n) is 1.92. The van der Waals surface area contributed by atoms with E-state index in [0.29, 0.717) is 0 Å². The average Bonchev–Trinajstić information content (AvgIpc) is 2.90. The molecule has 1 aromatic heterocycles. The van der Waals surface area contributed by atoms with Gasteiger partial charge in [0.1, 0.15) is 17.7 Å². The van der Waals surface area contributed by atoms with Crippen LogP contribution >= 0.6 is 11.6 Å². The van der Waals surface area contributed by atoms with Gasteiger partial charge in [-0.2, -0.15) is 4.98 Å². The minimum Gasteiger partial charge on any atom is -0.496 e. The van der Waals surface area contributed by atoms with Crippen molar-refractivity contribution in [3.63, 3.8) is 0 Å². The van der Waals surface area contributed by atoms with Gasteiger partial charge in [0, 0.05) is 10.8 Å². The Morgan fingerprint density at radius 2 is 1.90 bits per heavy atom. The maximum absolute atomic E-state index is 5.53. The van der Waals surface area contributed by atoms with Crippen LogP contribution in [-0.2, 0) is 0 Å². The number of benzene rings is 2. The number of methoxy groups -OCH3 is 1. The zero-order valence-electron chi connectivity index (χ0n) is 10.8. The topological polar surface area (TPSA) is 35.3 Å². The van der Waals surface area contributed by atoms with Crippen molar-refractivity contribution in [1.29, 1.82) is 0 Å². The molecule has 0 bridgehead atoms. The van der Waals surface area contributed by atoms with E-state index in [1.807, 2.05) is 36.4 Å². The average molecular weight is 286 g/mol. The summed E-state index contributed by atoms with van der Waals surface area (Å²) in [4.78, 5) is 3.98. The van der Waals surface area contributed by atoms with Gasteiger partial charge in [-0.05, 0) is 22.9 Å². The molecule has 4 heteroatoms. The SMILES string of the molecule is COc1cc2ccc1=2.Clc1nc(-c2ccccc2)co1. The lowest BCUT2D eigenvalue weighted by Gasteiger charge is -2.08. The second-order valence-corrected chi connectivity index (χ2v) is 4.59. The minimum atomic E-state index is 0.175. The molecule has 0 spiro atoms. The standard InChI is InChI=1S/C9H6ClNO.C7H6O/c10-9-11-8(6-12-9)7-4-2-1-3-5-7;1-8-7-4-5-2-3-6(5)7/h1-6H;2-4H,1H3. The molecule has 0 aliphatic heterocycles. The molecule has 0 radical (unpaired) electrons. The number of aromatic nitrogens is 1. The van der Waals surface area contributed by atoms with E-state index >= 15 is 0 Å². The Balaban J connectivity index is 0.000000131. The lowest BCUT2D eigenvalue weighted by molar-refractivity contribution is 0.407. The number of nitrogens with zero attached hydrogens (tertiary/aromatic N) is 1. The molecule has 3 nitrogen and oxygen atoms in total. The summed E-state index contributed by atoms with van der Waals surface area (Å²) in [5, 5.41) is 2.79. The summed E-state index contributed by atoms with van der Waals surface area (Å²) in [6.45, 7) is 0. The minimum absolute atomic E-state index is 0.175. The van der Waals surface area contributed by atoms with E-state index in [2.05, 4.69) is 17.1 Å². The van der Waals surface area contributed by atoms with Gasteiger partial charge in [-0.1, -0.05) is 42.5 Å². The third-order valence-electron chi connectivity index (χ3n) is 3.06. The van der Waals surface area contributed by atoms with Gasteiger partial charge in [-0.3, -0.25) is 0 Å². The third kappa shape index (κ3) is 2.40. The number of ether oxygens (including phenoxy) is 1. The molecule has 0 N–H and O–H groups in total. The highest BCUT2D eigenvalue weighted by atomic mass is 35.5. The van der Waals surface area contributed by atoms with Gasteiger partial charge in [-0.25, -0.2) is 0 Å². The van der Waals surface area contributed by atoms with Gasteiger partial charge in [0.05, 0.1) is 7.11 Å². The van der Waals surface area contributed by atoms with Crippen molar-refractivity contribution in [2.24, 2.45) is 0 Å². The predicted molar refractivity (Wildman–Crippen MR) is 77.6 cm³/mol. The van der Waals surface area contributed by atoms with Gasteiger partial charge < -0.3 is 9.15 Å². The maximum Gasteiger partial charge on any atom is 0.292 e. The van der Waals surface area contributed by atoms with Crippen molar-refractivity contribution in [3.8, 4) is 17.0 Å². The van der Waals surface area contributed by atoms with Gasteiger partial charge >= 0.3 is 0 Å². The van der Waals surface area contributed by atoms with E-state index in [9.17, 15) is 0 Å². The summed E-state index contributed by atoms with van der Waals surface area (Å²) < 4.78 is 9.85. The van der Waals surface area contributed by atoms with E-state index in [4.69, 9.17) is 20.8 Å². The highest BCUT2D eigenvalue weighted by molar-refractivity contribution is 6.27. The molecule has 0 unspecified atom stereocenters. The van der Waals surface area contributed by atoms with E-state index in [0.717, 1.165) is 17.0 Å². The number of hydrogen-bond acceptors (Lipinski definition) is 3. The molecule has 1 heterocycles. The van der Waals surface area contributed by atoms with Crippen LogP contribution in [0.5, 0.6) is 5.75 Å². The van der Waals surface area contributed by atoms with Crippen molar-refractivity contribution in [2.75, 3.05) is 7.11 Å². The Labute approximate surface area is 121 Å². The van der Waals surface area contributed by atoms with Crippen molar-refractivity contribution >= 4 is 11.6 Å². The van der Waals surface area contributed by atoms with Crippen molar-refractivity contribution in [3.05, 3.63) is 70.6 Å². The van der Waals surface area contributed by atoms with E-state index in [1.54, 1.807) is 7.11 Å². The normalized spacial score (nSPS) is 10.5. The second-order valence-electron chi connectivity index (χ2n) is 4.27. The molecule has 0 saturated carbocycles. The summed E-state index contributed by atoms with van der Waals surface area (Å²) in [7, 11) is 1.70. The first-order chi connectivity index (χ1) is 9.78. The first kappa shape index (κ1) is 12.8. The predicted octanol–water partition coefficient (Wildman–Crippen LogP) is 4.29. The largest absolute Gasteiger partial charge is 0.496 e. The molecule has 0 atom stereocenters. The van der Waals surface area contributed by atoms with Gasteiger partial charge in [0.2, 0.25) is 0 Å². The molecule has 0 fully saturated rings. The summed E-state index contributed by atoms with van der Waals surface area (Å²) >= 11 is 5.53. The summed E-state index contributed by atoms with van der Waals surface area (Å²) in [5.41, 5.74) is 1.77. The molecule has 20 heavy (non-hydrogen) atoms. The van der Waals surface area contributed by atoms with E-state index < -0.39 is 0 Å². The van der Waals surface area contributed by atoms with E-state index in [1.165, 1.54) is 16.7 Å². The molecule has 2 aromatic rings. The molecule has 4 rings (SSSR count). The van der Waals surface area contributed by atoms with Crippen molar-refractivity contribution in [2.45, 2.75) is 0 Å². The smallest absolute Gasteiger partial charge is 0.292 e. The van der Waals surface area contributed by atoms with Crippen LogP contribution in [0, 0.1) is 10.4 Å². The van der Waals surface area contributed by atoms with Crippen LogP contribution in [0.15, 0.2) is 59.2 Å². The van der Waals surface area contributed by atoms with Crippen molar-refractivity contribution < 1.29 is 9.15 Å². The molecular weight excluding hydrogens is 274 g/mol. The molecule has 2 aliphatic carbocycles. The monoisotopic (exact) mass is 285 g/mol. The Hall–Kier alpha value is -2.26. The van der Waals surface area contributed by atoms with Crippen LogP contribution in [0.4, 0.5) is 0 Å². The first-order valence-electron chi connectivity index (χ1n) is 6.13. The summed E-state index contributed by atoms with van der Waals surface area (Å²) in [6.07, 6.45) is 1.54. The van der Waals surface area contributed by atoms with Crippen LogP contribution in [0.3, 0.4) is 0 Å². The number of halogens is 1. The Kier molecular flexibility index (Phi) is 3.44. The lowest BCUT2D eigenvalue weighted by Crippen LogP contribution is -1.92.